The smallest absolute Gasteiger partial charge is 0.226 e. The van der Waals surface area contributed by atoms with Gasteiger partial charge >= 0.3 is 0 Å². The Morgan fingerprint density at radius 3 is 2.64 bits per heavy atom. The molecule has 1 atom stereocenters. The zero-order valence-electron chi connectivity index (χ0n) is 12.9. The predicted octanol–water partition coefficient (Wildman–Crippen LogP) is 3.65. The second-order valence-electron chi connectivity index (χ2n) is 6.59. The van der Waals surface area contributed by atoms with Crippen LogP contribution in [0, 0.1) is 17.0 Å². The van der Waals surface area contributed by atoms with E-state index >= 15 is 0 Å². The Morgan fingerprint density at radius 2 is 2.05 bits per heavy atom. The quantitative estimate of drug-likeness (QED) is 0.836. The first-order chi connectivity index (χ1) is 10.1. The third kappa shape index (κ3) is 3.88. The molecule has 0 aliphatic heterocycles. The van der Waals surface area contributed by atoms with Gasteiger partial charge in [0.2, 0.25) is 5.91 Å². The van der Waals surface area contributed by atoms with Crippen LogP contribution in [-0.4, -0.2) is 23.4 Å². The normalized spacial score (nSPS) is 28.6. The Bertz CT molecular complexity index is 569. The first kappa shape index (κ1) is 17.0. The highest BCUT2D eigenvalue weighted by Crippen LogP contribution is 2.52. The van der Waals surface area contributed by atoms with E-state index in [1.807, 2.05) is 13.8 Å². The van der Waals surface area contributed by atoms with Crippen molar-refractivity contribution in [3.05, 3.63) is 29.8 Å². The lowest BCUT2D eigenvalue weighted by Gasteiger charge is -2.48. The van der Waals surface area contributed by atoms with Crippen LogP contribution in [0.25, 0.3) is 0 Å². The highest BCUT2D eigenvalue weighted by molar-refractivity contribution is 6.25. The van der Waals surface area contributed by atoms with E-state index in [-0.39, 0.29) is 29.2 Å². The summed E-state index contributed by atoms with van der Waals surface area (Å²) >= 11 is 6.16. The zero-order chi connectivity index (χ0) is 16.5. The molecule has 0 bridgehead atoms. The molecule has 1 amide bonds. The van der Waals surface area contributed by atoms with Crippen LogP contribution in [0.2, 0.25) is 0 Å². The van der Waals surface area contributed by atoms with Crippen molar-refractivity contribution in [2.45, 2.75) is 44.5 Å². The van der Waals surface area contributed by atoms with E-state index in [4.69, 9.17) is 16.3 Å². The number of ether oxygens (including phenoxy) is 1. The van der Waals surface area contributed by atoms with Crippen LogP contribution in [0.3, 0.4) is 0 Å². The largest absolute Gasteiger partial charge is 0.488 e. The van der Waals surface area contributed by atoms with E-state index in [1.165, 1.54) is 0 Å². The fraction of sp³-hybridized carbons (Fsp3) is 0.562. The van der Waals surface area contributed by atoms with Gasteiger partial charge in [0, 0.05) is 16.4 Å². The minimum absolute atomic E-state index is 0.0559. The van der Waals surface area contributed by atoms with E-state index in [0.29, 0.717) is 12.8 Å². The number of nitrogens with one attached hydrogen (secondary N) is 1. The molecule has 1 N–H and O–H groups in total. The average molecular weight is 332 g/mol. The van der Waals surface area contributed by atoms with Crippen molar-refractivity contribution in [1.29, 1.82) is 0 Å². The Kier molecular flexibility index (Phi) is 4.66. The molecule has 0 spiro atoms. The molecule has 0 heterocycles. The summed E-state index contributed by atoms with van der Waals surface area (Å²) in [7, 11) is 0. The topological polar surface area (TPSA) is 38.3 Å². The Balaban J connectivity index is 1.84. The molecule has 2 rings (SSSR count). The van der Waals surface area contributed by atoms with Crippen molar-refractivity contribution in [1.82, 2.24) is 5.32 Å². The molecule has 1 saturated carbocycles. The van der Waals surface area contributed by atoms with Crippen molar-refractivity contribution < 1.29 is 18.3 Å². The first-order valence-corrected chi connectivity index (χ1v) is 7.57. The fourth-order valence-corrected chi connectivity index (χ4v) is 3.57. The Hall–Kier alpha value is -1.36. The molecular weight excluding hydrogens is 312 g/mol. The monoisotopic (exact) mass is 331 g/mol. The van der Waals surface area contributed by atoms with Crippen LogP contribution in [0.5, 0.6) is 5.75 Å². The van der Waals surface area contributed by atoms with Crippen LogP contribution < -0.4 is 10.1 Å². The Labute approximate surface area is 134 Å². The van der Waals surface area contributed by atoms with Gasteiger partial charge in [-0.15, -0.1) is 11.6 Å². The summed E-state index contributed by atoms with van der Waals surface area (Å²) in [6.07, 6.45) is 1.22. The van der Waals surface area contributed by atoms with Gasteiger partial charge in [0.25, 0.3) is 0 Å². The third-order valence-electron chi connectivity index (χ3n) is 3.83. The number of amides is 1. The van der Waals surface area contributed by atoms with Crippen molar-refractivity contribution in [3.63, 3.8) is 0 Å². The predicted molar refractivity (Wildman–Crippen MR) is 81.1 cm³/mol. The fourth-order valence-electron chi connectivity index (χ4n) is 2.98. The van der Waals surface area contributed by atoms with Gasteiger partial charge < -0.3 is 10.1 Å². The van der Waals surface area contributed by atoms with Crippen molar-refractivity contribution in [3.8, 4) is 5.75 Å². The van der Waals surface area contributed by atoms with Crippen molar-refractivity contribution in [2.75, 3.05) is 6.61 Å². The molecule has 0 aromatic heterocycles. The maximum Gasteiger partial charge on any atom is 0.226 e. The van der Waals surface area contributed by atoms with Crippen molar-refractivity contribution in [2.24, 2.45) is 5.41 Å². The second kappa shape index (κ2) is 6.03. The molecule has 22 heavy (non-hydrogen) atoms. The summed E-state index contributed by atoms with van der Waals surface area (Å²) in [5, 5.41) is 2.83. The van der Waals surface area contributed by atoms with E-state index < -0.39 is 17.0 Å². The Morgan fingerprint density at radius 1 is 1.41 bits per heavy atom. The molecule has 1 aromatic rings. The summed E-state index contributed by atoms with van der Waals surface area (Å²) in [4.78, 5) is 11.9. The summed E-state index contributed by atoms with van der Waals surface area (Å²) in [5.74, 6) is -1.47. The van der Waals surface area contributed by atoms with E-state index in [0.717, 1.165) is 18.2 Å². The molecule has 1 fully saturated rings. The number of alkyl halides is 1. The zero-order valence-corrected chi connectivity index (χ0v) is 13.6. The van der Waals surface area contributed by atoms with Gasteiger partial charge in [-0.2, -0.15) is 0 Å². The number of carbonyl (C=O) groups is 1. The summed E-state index contributed by atoms with van der Waals surface area (Å²) < 4.78 is 31.7. The van der Waals surface area contributed by atoms with Gasteiger partial charge in [0.05, 0.1) is 6.04 Å². The molecule has 1 unspecified atom stereocenters. The molecule has 1 aliphatic carbocycles. The highest BCUT2D eigenvalue weighted by Gasteiger charge is 2.52. The van der Waals surface area contributed by atoms with Crippen LogP contribution >= 0.6 is 11.6 Å². The first-order valence-electron chi connectivity index (χ1n) is 7.19. The highest BCUT2D eigenvalue weighted by atomic mass is 35.5. The molecule has 0 radical (unpaired) electrons. The number of hydrogen-bond donors (Lipinski definition) is 1. The summed E-state index contributed by atoms with van der Waals surface area (Å²) in [6, 6.07) is 2.68. The maximum atomic E-state index is 13.4. The van der Waals surface area contributed by atoms with E-state index in [1.54, 1.807) is 6.92 Å². The van der Waals surface area contributed by atoms with E-state index in [9.17, 15) is 13.6 Å². The molecule has 1 aliphatic rings. The standard InChI is InChI=1S/C16H20ClF2NO2/c1-10(7-22-13-6-11(18)4-5-12(13)19)20-14(21)15(2)8-16(3,17)9-15/h4-6,10H,7-9H2,1-3H3,(H,20,21)/t10?,15-,16-. The van der Waals surface area contributed by atoms with Gasteiger partial charge in [0.15, 0.2) is 11.6 Å². The lowest BCUT2D eigenvalue weighted by Crippen LogP contribution is -2.55. The number of rotatable bonds is 5. The van der Waals surface area contributed by atoms with E-state index in [2.05, 4.69) is 5.32 Å². The molecular formula is C16H20ClF2NO2. The van der Waals surface area contributed by atoms with Crippen LogP contribution in [-0.2, 0) is 4.79 Å². The SMILES string of the molecule is CC(COc1cc(F)ccc1F)NC(=O)[C@]1(C)C[C@@](C)(Cl)C1. The molecule has 0 saturated heterocycles. The number of halogens is 3. The van der Waals surface area contributed by atoms with Gasteiger partial charge in [0.1, 0.15) is 12.4 Å². The van der Waals surface area contributed by atoms with Crippen LogP contribution in [0.1, 0.15) is 33.6 Å². The van der Waals surface area contributed by atoms with Gasteiger partial charge in [-0.3, -0.25) is 4.79 Å². The van der Waals surface area contributed by atoms with Gasteiger partial charge in [-0.25, -0.2) is 8.78 Å². The number of benzene rings is 1. The number of hydrogen-bond acceptors (Lipinski definition) is 2. The lowest BCUT2D eigenvalue weighted by molar-refractivity contribution is -0.137. The van der Waals surface area contributed by atoms with Gasteiger partial charge in [-0.1, -0.05) is 6.92 Å². The van der Waals surface area contributed by atoms with Crippen LogP contribution in [0.4, 0.5) is 8.78 Å². The molecule has 122 valence electrons. The van der Waals surface area contributed by atoms with Crippen molar-refractivity contribution >= 4 is 17.5 Å². The molecule has 1 aromatic carbocycles. The molecule has 3 nitrogen and oxygen atoms in total. The maximum absolute atomic E-state index is 13.4. The van der Waals surface area contributed by atoms with Crippen LogP contribution in [0.15, 0.2) is 18.2 Å². The summed E-state index contributed by atoms with van der Waals surface area (Å²) in [6.45, 7) is 5.58. The average Bonchev–Trinajstić information content (AvgIpc) is 2.37. The van der Waals surface area contributed by atoms with Gasteiger partial charge in [-0.05, 0) is 38.8 Å². The third-order valence-corrected chi connectivity index (χ3v) is 4.09. The molecule has 6 heteroatoms. The number of carbonyl (C=O) groups excluding carboxylic acids is 1. The summed E-state index contributed by atoms with van der Waals surface area (Å²) in [5.41, 5.74) is -0.477. The second-order valence-corrected chi connectivity index (χ2v) is 7.50. The lowest BCUT2D eigenvalue weighted by atomic mass is 9.62. The minimum atomic E-state index is -0.635. The minimum Gasteiger partial charge on any atom is -0.488 e.